The Balaban J connectivity index is 0.000000351. The van der Waals surface area contributed by atoms with Crippen molar-refractivity contribution >= 4 is 47.3 Å². The van der Waals surface area contributed by atoms with E-state index in [-0.39, 0.29) is 61.9 Å². The lowest BCUT2D eigenvalue weighted by molar-refractivity contribution is -0.184. The number of fused-ring (bicyclic) bond motifs is 1. The first-order valence-corrected chi connectivity index (χ1v) is 18.2. The maximum Gasteiger partial charge on any atom is 0.320 e. The summed E-state index contributed by atoms with van der Waals surface area (Å²) in [5.74, 6) is -11.0. The van der Waals surface area contributed by atoms with Crippen LogP contribution in [0.25, 0.3) is 0 Å². The minimum atomic E-state index is -1.25. The topological polar surface area (TPSA) is 255 Å². The molecular formula is C38H55N3O13. The highest BCUT2D eigenvalue weighted by Gasteiger charge is 2.56. The van der Waals surface area contributed by atoms with E-state index in [2.05, 4.69) is 35.1 Å². The van der Waals surface area contributed by atoms with Crippen LogP contribution in [0.3, 0.4) is 0 Å². The van der Waals surface area contributed by atoms with Crippen LogP contribution in [-0.2, 0) is 52.6 Å². The number of carboxylic acid groups (broad SMARTS) is 2. The molecule has 4 rings (SSSR count). The summed E-state index contributed by atoms with van der Waals surface area (Å²) >= 11 is 0. The van der Waals surface area contributed by atoms with E-state index in [1.54, 1.807) is 19.9 Å². The van der Waals surface area contributed by atoms with Gasteiger partial charge in [0.1, 0.15) is 11.6 Å². The van der Waals surface area contributed by atoms with Gasteiger partial charge in [0.05, 0.1) is 72.3 Å². The molecule has 0 radical (unpaired) electrons. The Hall–Kier alpha value is -4.54. The minimum absolute atomic E-state index is 0.0362. The summed E-state index contributed by atoms with van der Waals surface area (Å²) < 4.78 is 16.4. The fourth-order valence-electron chi connectivity index (χ4n) is 7.57. The average molecular weight is 762 g/mol. The lowest BCUT2D eigenvalue weighted by Crippen LogP contribution is -2.54. The van der Waals surface area contributed by atoms with Crippen molar-refractivity contribution in [3.63, 3.8) is 0 Å². The zero-order valence-corrected chi connectivity index (χ0v) is 31.4. The largest absolute Gasteiger partial charge is 0.481 e. The SMILES string of the molecule is C=CCN.C=CCNC(=O)C(C)C(C(=O)O)C1CC(C(=O)NCC=C)C(C(=O)O)C(CC)O1.CCC1OC(C2C(=O)OC(=O)C2C)CC2C(=O)CC(=O)C12. The smallest absolute Gasteiger partial charge is 0.320 e. The molecule has 12 atom stereocenters. The van der Waals surface area contributed by atoms with Gasteiger partial charge in [-0.1, -0.05) is 45.9 Å². The fourth-order valence-corrected chi connectivity index (χ4v) is 7.57. The van der Waals surface area contributed by atoms with Gasteiger partial charge in [-0.05, 0) is 25.7 Å². The lowest BCUT2D eigenvalue weighted by atomic mass is 9.74. The number of Topliss-reactive ketones (excluding diaryl/α,β-unsaturated/α-hetero) is 2. The van der Waals surface area contributed by atoms with Gasteiger partial charge in [0.2, 0.25) is 11.8 Å². The Morgan fingerprint density at radius 3 is 1.94 bits per heavy atom. The first kappa shape index (κ1) is 45.6. The van der Waals surface area contributed by atoms with E-state index in [0.717, 1.165) is 0 Å². The van der Waals surface area contributed by atoms with E-state index in [0.29, 0.717) is 19.4 Å². The van der Waals surface area contributed by atoms with E-state index in [1.807, 2.05) is 6.92 Å². The molecule has 16 nitrogen and oxygen atoms in total. The molecule has 0 spiro atoms. The van der Waals surface area contributed by atoms with Crippen LogP contribution in [0.2, 0.25) is 0 Å². The predicted molar refractivity (Wildman–Crippen MR) is 193 cm³/mol. The van der Waals surface area contributed by atoms with Crippen molar-refractivity contribution in [2.75, 3.05) is 19.6 Å². The number of nitrogens with one attached hydrogen (secondary N) is 2. The van der Waals surface area contributed by atoms with Crippen LogP contribution in [0, 0.1) is 47.3 Å². The second-order valence-electron chi connectivity index (χ2n) is 13.7. The number of carbonyl (C=O) groups excluding carboxylic acids is 6. The third-order valence-corrected chi connectivity index (χ3v) is 10.3. The van der Waals surface area contributed by atoms with E-state index >= 15 is 0 Å². The summed E-state index contributed by atoms with van der Waals surface area (Å²) in [7, 11) is 0. The van der Waals surface area contributed by atoms with Crippen molar-refractivity contribution in [1.29, 1.82) is 0 Å². The van der Waals surface area contributed by atoms with Crippen LogP contribution in [0.5, 0.6) is 0 Å². The summed E-state index contributed by atoms with van der Waals surface area (Å²) in [4.78, 5) is 96.0. The van der Waals surface area contributed by atoms with Gasteiger partial charge in [0.25, 0.3) is 0 Å². The van der Waals surface area contributed by atoms with Crippen LogP contribution in [0.1, 0.15) is 59.8 Å². The molecule has 0 aromatic heterocycles. The third-order valence-electron chi connectivity index (χ3n) is 10.3. The number of hydrogen-bond acceptors (Lipinski definition) is 12. The van der Waals surface area contributed by atoms with E-state index in [4.69, 9.17) is 15.2 Å². The molecule has 2 amide bonds. The molecule has 0 aromatic rings. The Morgan fingerprint density at radius 1 is 0.870 bits per heavy atom. The van der Waals surface area contributed by atoms with Crippen molar-refractivity contribution in [3.8, 4) is 0 Å². The molecule has 16 heteroatoms. The highest BCUT2D eigenvalue weighted by atomic mass is 16.6. The Labute approximate surface area is 315 Å². The number of ketones is 2. The molecular weight excluding hydrogens is 706 g/mol. The highest BCUT2D eigenvalue weighted by molar-refractivity contribution is 6.09. The van der Waals surface area contributed by atoms with E-state index < -0.39 is 89.5 Å². The summed E-state index contributed by atoms with van der Waals surface area (Å²) in [5, 5.41) is 24.6. The molecule has 12 unspecified atom stereocenters. The molecule has 1 saturated carbocycles. The maximum absolute atomic E-state index is 12.6. The van der Waals surface area contributed by atoms with Gasteiger partial charge in [0, 0.05) is 25.6 Å². The van der Waals surface area contributed by atoms with Crippen molar-refractivity contribution in [1.82, 2.24) is 10.6 Å². The molecule has 4 fully saturated rings. The van der Waals surface area contributed by atoms with Gasteiger partial charge in [-0.25, -0.2) is 0 Å². The van der Waals surface area contributed by atoms with Gasteiger partial charge in [-0.3, -0.25) is 38.4 Å². The number of rotatable bonds is 14. The average Bonchev–Trinajstić information content (AvgIpc) is 3.58. The van der Waals surface area contributed by atoms with Gasteiger partial charge >= 0.3 is 23.9 Å². The van der Waals surface area contributed by atoms with Crippen molar-refractivity contribution in [3.05, 3.63) is 38.0 Å². The number of amides is 2. The number of carboxylic acids is 2. The molecule has 6 N–H and O–H groups in total. The van der Waals surface area contributed by atoms with Crippen LogP contribution in [-0.4, -0.2) is 102 Å². The number of nitrogens with two attached hydrogens (primary N) is 1. The predicted octanol–water partition coefficient (Wildman–Crippen LogP) is 1.61. The summed E-state index contributed by atoms with van der Waals surface area (Å²) in [6.45, 7) is 18.0. The number of carbonyl (C=O) groups is 8. The van der Waals surface area contributed by atoms with Gasteiger partial charge in [0.15, 0.2) is 0 Å². The Kier molecular flexibility index (Phi) is 18.1. The number of aliphatic carboxylic acids is 2. The monoisotopic (exact) mass is 761 g/mol. The second-order valence-corrected chi connectivity index (χ2v) is 13.7. The van der Waals surface area contributed by atoms with Gasteiger partial charge in [-0.2, -0.15) is 0 Å². The minimum Gasteiger partial charge on any atom is -0.481 e. The molecule has 0 aromatic carbocycles. The lowest BCUT2D eigenvalue weighted by Gasteiger charge is -2.42. The molecule has 3 heterocycles. The highest BCUT2D eigenvalue weighted by Crippen LogP contribution is 2.44. The van der Waals surface area contributed by atoms with Crippen LogP contribution < -0.4 is 16.4 Å². The van der Waals surface area contributed by atoms with Gasteiger partial charge < -0.3 is 40.8 Å². The molecule has 54 heavy (non-hydrogen) atoms. The molecule has 300 valence electrons. The summed E-state index contributed by atoms with van der Waals surface area (Å²) in [6.07, 6.45) is 2.91. The molecule has 3 saturated heterocycles. The number of ether oxygens (including phenoxy) is 3. The quantitative estimate of drug-likeness (QED) is 0.0958. The second kappa shape index (κ2) is 21.4. The molecule has 1 aliphatic carbocycles. The Bertz CT molecular complexity index is 1450. The van der Waals surface area contributed by atoms with Crippen LogP contribution >= 0.6 is 0 Å². The van der Waals surface area contributed by atoms with E-state index in [1.165, 1.54) is 19.1 Å². The number of cyclic esters (lactones) is 2. The zero-order valence-electron chi connectivity index (χ0n) is 31.4. The molecule has 3 aliphatic heterocycles. The van der Waals surface area contributed by atoms with Crippen LogP contribution in [0.4, 0.5) is 0 Å². The first-order valence-electron chi connectivity index (χ1n) is 18.2. The van der Waals surface area contributed by atoms with E-state index in [9.17, 15) is 48.6 Å². The first-order chi connectivity index (χ1) is 25.5. The fraction of sp³-hybridized carbons (Fsp3) is 0.632. The standard InChI is InChI=1S/C20H30N2O7.C15H18O6.C3H7N/c1-5-8-21-17(23)11(4)15(19(25)26)14-10-12(18(24)22-9-6-2)16(20(27)28)13(7-3)29-14;1-3-10-13-7(8(16)5-9(13)17)4-11(20-10)12-6(2)14(18)21-15(12)19;1-2-3-4/h5-6,11-16H,1-2,7-10H2,3-4H3,(H,21,23)(H,22,24)(H,25,26)(H,27,28);6-7,10-13H,3-5H2,1-2H3;2H,1,3-4H2. The normalized spacial score (nSPS) is 31.1. The Morgan fingerprint density at radius 2 is 1.46 bits per heavy atom. The van der Waals surface area contributed by atoms with Gasteiger partial charge in [-0.15, -0.1) is 19.7 Å². The number of hydrogen-bond donors (Lipinski definition) is 5. The molecule has 4 aliphatic rings. The molecule has 0 bridgehead atoms. The summed E-state index contributed by atoms with van der Waals surface area (Å²) in [6, 6.07) is 0. The third kappa shape index (κ3) is 11.0. The van der Waals surface area contributed by atoms with Crippen LogP contribution in [0.15, 0.2) is 38.0 Å². The zero-order chi connectivity index (χ0) is 40.9. The van der Waals surface area contributed by atoms with Crippen molar-refractivity contribution in [2.24, 2.45) is 53.1 Å². The summed E-state index contributed by atoms with van der Waals surface area (Å²) in [5.41, 5.74) is 4.91. The van der Waals surface area contributed by atoms with Crippen molar-refractivity contribution in [2.45, 2.75) is 84.2 Å². The number of esters is 2. The van der Waals surface area contributed by atoms with Crippen molar-refractivity contribution < 1.29 is 62.8 Å². The maximum atomic E-state index is 12.6.